The Balaban J connectivity index is 1.42. The lowest BCUT2D eigenvalue weighted by Gasteiger charge is -2.02. The number of thiophene rings is 1. The molecule has 5 aromatic rings. The minimum absolute atomic E-state index is 0.290. The number of hydrogen-bond acceptors (Lipinski definition) is 6. The third kappa shape index (κ3) is 2.15. The lowest BCUT2D eigenvalue weighted by Crippen LogP contribution is -1.92. The number of hydrogen-bond donors (Lipinski definition) is 2. The number of benzene rings is 1. The quantitative estimate of drug-likeness (QED) is 0.474. The smallest absolute Gasteiger partial charge is 0.219 e. The first-order chi connectivity index (χ1) is 13.7. The number of nitrogens with two attached hydrogens (primary N) is 1. The van der Waals surface area contributed by atoms with Crippen molar-refractivity contribution in [1.82, 2.24) is 29.9 Å². The van der Waals surface area contributed by atoms with E-state index < -0.39 is 0 Å². The van der Waals surface area contributed by atoms with E-state index in [2.05, 4.69) is 49.5 Å². The van der Waals surface area contributed by atoms with Gasteiger partial charge in [-0.1, -0.05) is 12.1 Å². The summed E-state index contributed by atoms with van der Waals surface area (Å²) < 4.78 is 1.89. The fourth-order valence-electron chi connectivity index (χ4n) is 3.83. The van der Waals surface area contributed by atoms with E-state index in [1.54, 1.807) is 23.7 Å². The average Bonchev–Trinajstić information content (AvgIpc) is 3.44. The number of nitrogens with zero attached hydrogens (tertiary/aromatic N) is 5. The Hall–Kier alpha value is -3.52. The first kappa shape index (κ1) is 15.5. The molecule has 0 saturated carbocycles. The highest BCUT2D eigenvalue weighted by Crippen LogP contribution is 2.46. The number of anilines is 1. The number of fused-ring (bicyclic) bond motifs is 4. The van der Waals surface area contributed by atoms with Crippen LogP contribution >= 0.6 is 11.3 Å². The Labute approximate surface area is 163 Å². The average molecular weight is 385 g/mol. The molecule has 136 valence electrons. The molecule has 1 aliphatic carbocycles. The van der Waals surface area contributed by atoms with Crippen LogP contribution in [-0.4, -0.2) is 29.9 Å². The van der Waals surface area contributed by atoms with E-state index in [0.717, 1.165) is 44.7 Å². The van der Waals surface area contributed by atoms with Crippen LogP contribution in [-0.2, 0) is 13.5 Å². The Morgan fingerprint density at radius 3 is 2.82 bits per heavy atom. The summed E-state index contributed by atoms with van der Waals surface area (Å²) in [6, 6.07) is 8.56. The molecule has 8 heteroatoms. The minimum atomic E-state index is 0.290. The second kappa shape index (κ2) is 5.49. The van der Waals surface area contributed by atoms with Gasteiger partial charge in [-0.15, -0.1) is 11.3 Å². The van der Waals surface area contributed by atoms with Crippen LogP contribution in [0.3, 0.4) is 0 Å². The summed E-state index contributed by atoms with van der Waals surface area (Å²) in [6.45, 7) is 0. The van der Waals surface area contributed by atoms with Crippen molar-refractivity contribution in [3.8, 4) is 33.0 Å². The number of nitrogen functional groups attached to an aromatic ring is 1. The van der Waals surface area contributed by atoms with Crippen molar-refractivity contribution < 1.29 is 0 Å². The highest BCUT2D eigenvalue weighted by Gasteiger charge is 2.28. The maximum absolute atomic E-state index is 5.60. The van der Waals surface area contributed by atoms with E-state index in [1.165, 1.54) is 16.0 Å². The van der Waals surface area contributed by atoms with Crippen molar-refractivity contribution in [1.29, 1.82) is 0 Å². The second-order valence-electron chi connectivity index (χ2n) is 6.92. The number of aryl methyl sites for hydroxylation is 1. The maximum atomic E-state index is 5.60. The predicted octanol–water partition coefficient (Wildman–Crippen LogP) is 3.64. The lowest BCUT2D eigenvalue weighted by atomic mass is 10.0. The molecule has 0 saturated heterocycles. The molecule has 0 unspecified atom stereocenters. The first-order valence-corrected chi connectivity index (χ1v) is 9.69. The number of nitrogens with one attached hydrogen (secondary N) is 1. The van der Waals surface area contributed by atoms with E-state index >= 15 is 0 Å². The molecule has 1 aromatic carbocycles. The summed E-state index contributed by atoms with van der Waals surface area (Å²) in [6.07, 6.45) is 6.30. The van der Waals surface area contributed by atoms with Crippen LogP contribution in [0.1, 0.15) is 10.4 Å². The predicted molar refractivity (Wildman–Crippen MR) is 110 cm³/mol. The molecule has 0 atom stereocenters. The van der Waals surface area contributed by atoms with Crippen LogP contribution in [0.15, 0.2) is 42.9 Å². The molecule has 0 fully saturated rings. The van der Waals surface area contributed by atoms with Gasteiger partial charge in [0, 0.05) is 63.3 Å². The third-order valence-electron chi connectivity index (χ3n) is 5.26. The number of aromatic nitrogens is 6. The SMILES string of the molecule is Cn1ncc2ccc(-c3n[nH]c4c3Cc3sc(-c5cnc(N)nc5)cc3-4)cc21. The van der Waals surface area contributed by atoms with Crippen molar-refractivity contribution in [2.75, 3.05) is 5.73 Å². The van der Waals surface area contributed by atoms with Gasteiger partial charge in [-0.3, -0.25) is 9.78 Å². The summed E-state index contributed by atoms with van der Waals surface area (Å²) in [4.78, 5) is 10.7. The van der Waals surface area contributed by atoms with E-state index in [0.29, 0.717) is 5.95 Å². The highest BCUT2D eigenvalue weighted by molar-refractivity contribution is 7.16. The largest absolute Gasteiger partial charge is 0.368 e. The van der Waals surface area contributed by atoms with Crippen molar-refractivity contribution in [3.63, 3.8) is 0 Å². The van der Waals surface area contributed by atoms with Crippen molar-refractivity contribution in [3.05, 3.63) is 53.3 Å². The molecule has 4 heterocycles. The number of rotatable bonds is 2. The summed E-state index contributed by atoms with van der Waals surface area (Å²) >= 11 is 1.77. The van der Waals surface area contributed by atoms with Crippen LogP contribution in [0.5, 0.6) is 0 Å². The fraction of sp³-hybridized carbons (Fsp3) is 0.100. The van der Waals surface area contributed by atoms with Gasteiger partial charge in [0.15, 0.2) is 0 Å². The van der Waals surface area contributed by atoms with Crippen LogP contribution in [0, 0.1) is 0 Å². The molecule has 3 N–H and O–H groups in total. The van der Waals surface area contributed by atoms with E-state index in [4.69, 9.17) is 5.73 Å². The van der Waals surface area contributed by atoms with Crippen LogP contribution in [0.4, 0.5) is 5.95 Å². The Kier molecular flexibility index (Phi) is 3.05. The van der Waals surface area contributed by atoms with E-state index in [1.807, 2.05) is 17.9 Å². The molecule has 6 rings (SSSR count). The second-order valence-corrected chi connectivity index (χ2v) is 8.06. The van der Waals surface area contributed by atoms with Crippen molar-refractivity contribution >= 4 is 28.2 Å². The molecule has 7 nitrogen and oxygen atoms in total. The van der Waals surface area contributed by atoms with Crippen LogP contribution < -0.4 is 5.73 Å². The summed E-state index contributed by atoms with van der Waals surface area (Å²) in [5.41, 5.74) is 13.4. The third-order valence-corrected chi connectivity index (χ3v) is 6.45. The van der Waals surface area contributed by atoms with Gasteiger partial charge in [0.25, 0.3) is 0 Å². The Morgan fingerprint density at radius 1 is 1.11 bits per heavy atom. The molecular formula is C20H15N7S. The van der Waals surface area contributed by atoms with Gasteiger partial charge in [0.1, 0.15) is 0 Å². The van der Waals surface area contributed by atoms with Gasteiger partial charge in [0.05, 0.1) is 23.1 Å². The van der Waals surface area contributed by atoms with Gasteiger partial charge in [-0.25, -0.2) is 9.97 Å². The van der Waals surface area contributed by atoms with Gasteiger partial charge in [0.2, 0.25) is 5.95 Å². The monoisotopic (exact) mass is 385 g/mol. The Morgan fingerprint density at radius 2 is 1.96 bits per heavy atom. The topological polar surface area (TPSA) is 98.3 Å². The molecule has 0 aliphatic heterocycles. The molecular weight excluding hydrogens is 370 g/mol. The fourth-order valence-corrected chi connectivity index (χ4v) is 4.98. The molecule has 4 aromatic heterocycles. The summed E-state index contributed by atoms with van der Waals surface area (Å²) in [5.74, 6) is 0.290. The molecule has 0 spiro atoms. The molecule has 28 heavy (non-hydrogen) atoms. The zero-order valence-electron chi connectivity index (χ0n) is 15.0. The standard InChI is InChI=1S/C20H15N7S/c1-27-15-4-10(2-3-11(15)9-24-27)18-14-6-17-13(19(14)26-25-18)5-16(28-17)12-7-22-20(21)23-8-12/h2-5,7-9H,6H2,1H3,(H,25,26)(H2,21,22,23). The maximum Gasteiger partial charge on any atom is 0.219 e. The molecule has 1 aliphatic rings. The first-order valence-electron chi connectivity index (χ1n) is 8.88. The zero-order valence-corrected chi connectivity index (χ0v) is 15.8. The molecule has 0 bridgehead atoms. The molecule has 0 radical (unpaired) electrons. The van der Waals surface area contributed by atoms with E-state index in [9.17, 15) is 0 Å². The van der Waals surface area contributed by atoms with Gasteiger partial charge in [-0.05, 0) is 12.1 Å². The highest BCUT2D eigenvalue weighted by atomic mass is 32.1. The minimum Gasteiger partial charge on any atom is -0.368 e. The molecule has 0 amide bonds. The number of aromatic amines is 1. The lowest BCUT2D eigenvalue weighted by molar-refractivity contribution is 0.797. The van der Waals surface area contributed by atoms with Crippen LogP contribution in [0.25, 0.3) is 43.9 Å². The van der Waals surface area contributed by atoms with Crippen LogP contribution in [0.2, 0.25) is 0 Å². The van der Waals surface area contributed by atoms with Crippen molar-refractivity contribution in [2.24, 2.45) is 7.05 Å². The normalized spacial score (nSPS) is 12.5. The Bertz CT molecular complexity index is 1360. The summed E-state index contributed by atoms with van der Waals surface area (Å²) in [7, 11) is 1.96. The zero-order chi connectivity index (χ0) is 18.8. The van der Waals surface area contributed by atoms with Gasteiger partial charge in [-0.2, -0.15) is 10.2 Å². The van der Waals surface area contributed by atoms with E-state index in [-0.39, 0.29) is 0 Å². The van der Waals surface area contributed by atoms with Gasteiger partial charge < -0.3 is 5.73 Å². The van der Waals surface area contributed by atoms with Crippen molar-refractivity contribution in [2.45, 2.75) is 6.42 Å². The van der Waals surface area contributed by atoms with Gasteiger partial charge >= 0.3 is 0 Å². The number of H-pyrrole nitrogens is 1. The summed E-state index contributed by atoms with van der Waals surface area (Å²) in [5, 5.41) is 13.3.